The minimum atomic E-state index is 0.181. The normalized spacial score (nSPS) is 19.7. The van der Waals surface area contributed by atoms with Crippen LogP contribution in [0.1, 0.15) is 43.0 Å². The fourth-order valence-corrected chi connectivity index (χ4v) is 4.25. The summed E-state index contributed by atoms with van der Waals surface area (Å²) in [5, 5.41) is 9.14. The van der Waals surface area contributed by atoms with E-state index in [9.17, 15) is 0 Å². The molecule has 2 aliphatic heterocycles. The maximum Gasteiger partial charge on any atom is 0.139 e. The molecule has 124 valence electrons. The summed E-state index contributed by atoms with van der Waals surface area (Å²) >= 11 is 0. The van der Waals surface area contributed by atoms with E-state index in [1.165, 1.54) is 18.7 Å². The molecule has 1 saturated heterocycles. The molecule has 1 fully saturated rings. The lowest BCUT2D eigenvalue weighted by molar-refractivity contribution is 0.0360. The Bertz CT molecular complexity index is 842. The summed E-state index contributed by atoms with van der Waals surface area (Å²) in [6, 6.07) is 6.06. The molecule has 0 aliphatic carbocycles. The summed E-state index contributed by atoms with van der Waals surface area (Å²) in [5.41, 5.74) is 2.20. The quantitative estimate of drug-likeness (QED) is 0.726. The first-order chi connectivity index (χ1) is 11.8. The Morgan fingerprint density at radius 3 is 2.92 bits per heavy atom. The van der Waals surface area contributed by atoms with Crippen molar-refractivity contribution in [1.82, 2.24) is 24.1 Å². The minimum Gasteiger partial charge on any atom is -0.381 e. The predicted octanol–water partition coefficient (Wildman–Crippen LogP) is 2.36. The molecule has 0 aromatic carbocycles. The van der Waals surface area contributed by atoms with Gasteiger partial charge in [-0.25, -0.2) is 4.98 Å². The van der Waals surface area contributed by atoms with Crippen LogP contribution in [0.2, 0.25) is 0 Å². The molecule has 0 bridgehead atoms. The molecule has 0 N–H and O–H groups in total. The highest BCUT2D eigenvalue weighted by Crippen LogP contribution is 2.41. The van der Waals surface area contributed by atoms with Crippen LogP contribution >= 0.6 is 0 Å². The highest BCUT2D eigenvalue weighted by Gasteiger charge is 2.41. The van der Waals surface area contributed by atoms with Crippen molar-refractivity contribution in [2.24, 2.45) is 0 Å². The first-order valence-corrected chi connectivity index (χ1v) is 8.77. The SMILES string of the molecule is c1ccn2cc(Cc3nnc4n3CCCC43CCOCC3)nc2c1. The monoisotopic (exact) mass is 323 g/mol. The van der Waals surface area contributed by atoms with Gasteiger partial charge >= 0.3 is 0 Å². The average Bonchev–Trinajstić information content (AvgIpc) is 3.21. The molecule has 0 unspecified atom stereocenters. The Morgan fingerprint density at radius 1 is 1.12 bits per heavy atom. The van der Waals surface area contributed by atoms with Crippen molar-refractivity contribution in [3.8, 4) is 0 Å². The Balaban J connectivity index is 1.49. The molecule has 0 radical (unpaired) electrons. The van der Waals surface area contributed by atoms with Crippen LogP contribution in [0.4, 0.5) is 0 Å². The van der Waals surface area contributed by atoms with Gasteiger partial charge in [0.25, 0.3) is 0 Å². The van der Waals surface area contributed by atoms with Crippen LogP contribution in [0, 0.1) is 0 Å². The van der Waals surface area contributed by atoms with Gasteiger partial charge in [-0.1, -0.05) is 6.07 Å². The van der Waals surface area contributed by atoms with Gasteiger partial charge in [-0.05, 0) is 37.8 Å². The number of fused-ring (bicyclic) bond motifs is 3. The molecule has 2 aliphatic rings. The predicted molar refractivity (Wildman–Crippen MR) is 89.0 cm³/mol. The van der Waals surface area contributed by atoms with Crippen molar-refractivity contribution < 1.29 is 4.74 Å². The summed E-state index contributed by atoms with van der Waals surface area (Å²) in [6.45, 7) is 2.71. The summed E-state index contributed by atoms with van der Waals surface area (Å²) in [7, 11) is 0. The van der Waals surface area contributed by atoms with Crippen LogP contribution in [0.5, 0.6) is 0 Å². The third-order valence-electron chi connectivity index (χ3n) is 5.54. The third-order valence-corrected chi connectivity index (χ3v) is 5.54. The summed E-state index contributed by atoms with van der Waals surface area (Å²) < 4.78 is 9.98. The Hall–Kier alpha value is -2.21. The van der Waals surface area contributed by atoms with Gasteiger partial charge in [0, 0.05) is 37.6 Å². The summed E-state index contributed by atoms with van der Waals surface area (Å²) in [4.78, 5) is 4.70. The van der Waals surface area contributed by atoms with Crippen LogP contribution in [0.25, 0.3) is 5.65 Å². The van der Waals surface area contributed by atoms with Crippen molar-refractivity contribution in [3.63, 3.8) is 0 Å². The largest absolute Gasteiger partial charge is 0.381 e. The number of ether oxygens (including phenoxy) is 1. The van der Waals surface area contributed by atoms with Crippen molar-refractivity contribution in [2.45, 2.75) is 44.1 Å². The topological polar surface area (TPSA) is 57.2 Å². The highest BCUT2D eigenvalue weighted by atomic mass is 16.5. The Morgan fingerprint density at radius 2 is 2.04 bits per heavy atom. The maximum atomic E-state index is 5.58. The molecule has 5 rings (SSSR count). The van der Waals surface area contributed by atoms with Crippen LogP contribution in [-0.2, 0) is 23.1 Å². The second-order valence-electron chi connectivity index (χ2n) is 6.96. The number of hydrogen-bond donors (Lipinski definition) is 0. The molecule has 0 atom stereocenters. The number of rotatable bonds is 2. The molecular weight excluding hydrogens is 302 g/mol. The van der Waals surface area contributed by atoms with Crippen molar-refractivity contribution in [2.75, 3.05) is 13.2 Å². The van der Waals surface area contributed by atoms with Gasteiger partial charge < -0.3 is 13.7 Å². The van der Waals surface area contributed by atoms with Crippen LogP contribution in [0.3, 0.4) is 0 Å². The first-order valence-electron chi connectivity index (χ1n) is 8.77. The maximum absolute atomic E-state index is 5.58. The average molecular weight is 323 g/mol. The van der Waals surface area contributed by atoms with E-state index >= 15 is 0 Å². The molecule has 3 aromatic heterocycles. The van der Waals surface area contributed by atoms with Gasteiger partial charge in [0.2, 0.25) is 0 Å². The van der Waals surface area contributed by atoms with Gasteiger partial charge in [0.15, 0.2) is 0 Å². The third kappa shape index (κ3) is 2.17. The number of nitrogens with zero attached hydrogens (tertiary/aromatic N) is 5. The second kappa shape index (κ2) is 5.41. The summed E-state index contributed by atoms with van der Waals surface area (Å²) in [6.07, 6.45) is 9.40. The number of hydrogen-bond acceptors (Lipinski definition) is 4. The van der Waals surface area contributed by atoms with Gasteiger partial charge in [-0.15, -0.1) is 10.2 Å². The van der Waals surface area contributed by atoms with Crippen LogP contribution < -0.4 is 0 Å². The lowest BCUT2D eigenvalue weighted by Gasteiger charge is -2.39. The van der Waals surface area contributed by atoms with Gasteiger partial charge in [-0.2, -0.15) is 0 Å². The molecule has 5 heterocycles. The fourth-order valence-electron chi connectivity index (χ4n) is 4.25. The lowest BCUT2D eigenvalue weighted by Crippen LogP contribution is -2.39. The molecule has 1 spiro atoms. The van der Waals surface area contributed by atoms with E-state index in [-0.39, 0.29) is 5.41 Å². The molecule has 0 amide bonds. The van der Waals surface area contributed by atoms with Gasteiger partial charge in [0.1, 0.15) is 17.3 Å². The zero-order chi connectivity index (χ0) is 16.0. The van der Waals surface area contributed by atoms with E-state index in [2.05, 4.69) is 25.4 Å². The van der Waals surface area contributed by atoms with Gasteiger partial charge in [0.05, 0.1) is 12.1 Å². The number of pyridine rings is 1. The molecule has 0 saturated carbocycles. The Labute approximate surface area is 140 Å². The van der Waals surface area contributed by atoms with Crippen LogP contribution in [0.15, 0.2) is 30.6 Å². The van der Waals surface area contributed by atoms with Crippen molar-refractivity contribution in [1.29, 1.82) is 0 Å². The smallest absolute Gasteiger partial charge is 0.139 e. The van der Waals surface area contributed by atoms with E-state index in [1.807, 2.05) is 24.4 Å². The van der Waals surface area contributed by atoms with Crippen LogP contribution in [-0.4, -0.2) is 37.4 Å². The van der Waals surface area contributed by atoms with Gasteiger partial charge in [-0.3, -0.25) is 0 Å². The zero-order valence-electron chi connectivity index (χ0n) is 13.7. The highest BCUT2D eigenvalue weighted by molar-refractivity contribution is 5.39. The Kier molecular flexibility index (Phi) is 3.19. The van der Waals surface area contributed by atoms with E-state index < -0.39 is 0 Å². The van der Waals surface area contributed by atoms with E-state index in [0.717, 1.165) is 56.2 Å². The van der Waals surface area contributed by atoms with E-state index in [4.69, 9.17) is 9.72 Å². The van der Waals surface area contributed by atoms with E-state index in [1.54, 1.807) is 0 Å². The van der Waals surface area contributed by atoms with E-state index in [0.29, 0.717) is 0 Å². The number of imidazole rings is 1. The molecule has 3 aromatic rings. The van der Waals surface area contributed by atoms with Crippen molar-refractivity contribution >= 4 is 5.65 Å². The van der Waals surface area contributed by atoms with Crippen molar-refractivity contribution in [3.05, 3.63) is 47.9 Å². The molecule has 24 heavy (non-hydrogen) atoms. The second-order valence-corrected chi connectivity index (χ2v) is 6.96. The lowest BCUT2D eigenvalue weighted by atomic mass is 9.74. The summed E-state index contributed by atoms with van der Waals surface area (Å²) in [5.74, 6) is 2.22. The first kappa shape index (κ1) is 14.2. The molecule has 6 nitrogen and oxygen atoms in total. The fraction of sp³-hybridized carbons (Fsp3) is 0.500. The minimum absolute atomic E-state index is 0.181. The molecule has 6 heteroatoms. The standard InChI is InChI=1S/C18H21N5O/c1-2-8-22-13-14(19-15(22)4-1)12-16-20-21-17-18(5-3-9-23(16)17)6-10-24-11-7-18/h1-2,4,8,13H,3,5-7,9-12H2. The number of aromatic nitrogens is 5. The zero-order valence-corrected chi connectivity index (χ0v) is 13.7. The molecular formula is C18H21N5O.